The van der Waals surface area contributed by atoms with Crippen molar-refractivity contribution in [2.75, 3.05) is 13.7 Å². The normalized spacial score (nSPS) is 11.5. The zero-order chi connectivity index (χ0) is 22.9. The number of hydrogen-bond donors (Lipinski definition) is 0. The largest absolute Gasteiger partial charge is 0.460 e. The molecule has 2 rings (SSSR count). The van der Waals surface area contributed by atoms with Crippen molar-refractivity contribution < 1.29 is 23.4 Å². The summed E-state index contributed by atoms with van der Waals surface area (Å²) in [5.74, 6) is -2.52. The van der Waals surface area contributed by atoms with Crippen molar-refractivity contribution in [3.8, 4) is 0 Å². The Morgan fingerprint density at radius 1 is 0.903 bits per heavy atom. The van der Waals surface area contributed by atoms with Crippen molar-refractivity contribution in [3.05, 3.63) is 71.8 Å². The molecule has 0 saturated carbocycles. The zero-order valence-corrected chi connectivity index (χ0v) is 20.9. The smallest absolute Gasteiger partial charge is 0.392 e. The number of carbonyl (C=O) groups excluding carboxylic acids is 1. The highest BCUT2D eigenvalue weighted by Crippen LogP contribution is 2.22. The second-order valence-corrected chi connectivity index (χ2v) is 12.8. The van der Waals surface area contributed by atoms with Crippen molar-refractivity contribution >= 4 is 48.8 Å². The number of thiocarbonyl (C=S) groups is 2. The fraction of sp³-hybridized carbons (Fsp3) is 0.348. The second kappa shape index (κ2) is 11.5. The van der Waals surface area contributed by atoms with Crippen molar-refractivity contribution in [3.63, 3.8) is 0 Å². The number of esters is 1. The minimum atomic E-state index is -1.83. The van der Waals surface area contributed by atoms with Crippen LogP contribution in [0.15, 0.2) is 60.7 Å². The summed E-state index contributed by atoms with van der Waals surface area (Å²) >= 11 is 10.8. The van der Waals surface area contributed by atoms with Gasteiger partial charge in [-0.25, -0.2) is 4.79 Å². The Bertz CT molecular complexity index is 834. The predicted molar refractivity (Wildman–Crippen MR) is 132 cm³/mol. The van der Waals surface area contributed by atoms with E-state index in [0.717, 1.165) is 6.04 Å². The first kappa shape index (κ1) is 25.1. The molecule has 0 aliphatic heterocycles. The van der Waals surface area contributed by atoms with Crippen molar-refractivity contribution in [2.24, 2.45) is 0 Å². The van der Waals surface area contributed by atoms with E-state index < -0.39 is 20.1 Å². The molecule has 0 aliphatic carbocycles. The maximum absolute atomic E-state index is 13.0. The van der Waals surface area contributed by atoms with Gasteiger partial charge in [0.1, 0.15) is 0 Å². The molecule has 0 amide bonds. The second-order valence-electron chi connectivity index (χ2n) is 7.66. The van der Waals surface area contributed by atoms with Crippen LogP contribution in [0.3, 0.4) is 0 Å². The summed E-state index contributed by atoms with van der Waals surface area (Å²) in [4.78, 5) is 13.0. The average molecular weight is 477 g/mol. The molecule has 0 fully saturated rings. The van der Waals surface area contributed by atoms with Crippen LogP contribution >= 0.6 is 24.4 Å². The van der Waals surface area contributed by atoms with Gasteiger partial charge < -0.3 is 18.6 Å². The van der Waals surface area contributed by atoms with Crippen LogP contribution in [-0.4, -0.2) is 43.9 Å². The van der Waals surface area contributed by atoms with Crippen LogP contribution in [0.25, 0.3) is 0 Å². The fourth-order valence-electron chi connectivity index (χ4n) is 2.62. The Labute approximate surface area is 195 Å². The molecule has 5 nitrogen and oxygen atoms in total. The molecule has 0 bridgehead atoms. The number of ether oxygens (including phenoxy) is 3. The number of benzene rings is 2. The summed E-state index contributed by atoms with van der Waals surface area (Å²) in [6, 6.07) is 19.1. The van der Waals surface area contributed by atoms with E-state index in [0.29, 0.717) is 17.5 Å². The maximum Gasteiger partial charge on any atom is 0.392 e. The van der Waals surface area contributed by atoms with Crippen LogP contribution in [0.5, 0.6) is 0 Å². The van der Waals surface area contributed by atoms with Crippen molar-refractivity contribution in [2.45, 2.75) is 38.3 Å². The van der Waals surface area contributed by atoms with E-state index in [1.807, 2.05) is 36.4 Å². The molecule has 0 aromatic heterocycles. The first-order valence-electron chi connectivity index (χ1n) is 9.96. The Balaban J connectivity index is 2.13. The van der Waals surface area contributed by atoms with Gasteiger partial charge in [0.25, 0.3) is 0 Å². The number of rotatable bonds is 10. The highest BCUT2D eigenvalue weighted by molar-refractivity contribution is 7.80. The van der Waals surface area contributed by atoms with Crippen LogP contribution in [0.4, 0.5) is 0 Å². The molecule has 2 aromatic carbocycles. The summed E-state index contributed by atoms with van der Waals surface area (Å²) in [7, 11) is -0.0168. The molecular weight excluding hydrogens is 448 g/mol. The first-order valence-corrected chi connectivity index (χ1v) is 13.9. The van der Waals surface area contributed by atoms with Gasteiger partial charge >= 0.3 is 11.8 Å². The van der Waals surface area contributed by atoms with Crippen LogP contribution in [-0.2, 0) is 23.4 Å². The molecule has 0 heterocycles. The number of carbonyl (C=O) groups is 1. The fourth-order valence-corrected chi connectivity index (χ4v) is 4.41. The summed E-state index contributed by atoms with van der Waals surface area (Å²) in [5, 5.41) is 0.229. The maximum atomic E-state index is 13.0. The summed E-state index contributed by atoms with van der Waals surface area (Å²) in [6.45, 7) is 5.91. The molecule has 31 heavy (non-hydrogen) atoms. The van der Waals surface area contributed by atoms with Crippen molar-refractivity contribution in [1.82, 2.24) is 0 Å². The summed E-state index contributed by atoms with van der Waals surface area (Å²) in [5.41, 5.74) is 1.30. The lowest BCUT2D eigenvalue weighted by molar-refractivity contribution is -0.192. The third-order valence-electron chi connectivity index (χ3n) is 4.67. The Morgan fingerprint density at radius 3 is 1.77 bits per heavy atom. The lowest BCUT2D eigenvalue weighted by Gasteiger charge is -2.29. The van der Waals surface area contributed by atoms with E-state index in [1.54, 1.807) is 31.4 Å². The summed E-state index contributed by atoms with van der Waals surface area (Å²) in [6.07, 6.45) is 0.682. The highest BCUT2D eigenvalue weighted by Gasteiger charge is 2.42. The topological polar surface area (TPSA) is 54.0 Å². The molecule has 0 saturated heterocycles. The highest BCUT2D eigenvalue weighted by atomic mass is 32.1. The monoisotopic (exact) mass is 476 g/mol. The van der Waals surface area contributed by atoms with E-state index >= 15 is 0 Å². The molecule has 0 aliphatic rings. The lowest BCUT2D eigenvalue weighted by atomic mass is 10.2. The Hall–Kier alpha value is -2.13. The zero-order valence-electron chi connectivity index (χ0n) is 18.3. The van der Waals surface area contributed by atoms with Gasteiger partial charge in [0, 0.05) is 25.2 Å². The van der Waals surface area contributed by atoms with Gasteiger partial charge in [-0.15, -0.1) is 0 Å². The molecule has 0 radical (unpaired) electrons. The van der Waals surface area contributed by atoms with E-state index in [4.69, 9.17) is 43.1 Å². The molecule has 166 valence electrons. The van der Waals surface area contributed by atoms with Crippen LogP contribution in [0.1, 0.15) is 24.5 Å². The summed E-state index contributed by atoms with van der Waals surface area (Å²) < 4.78 is 22.7. The Morgan fingerprint density at radius 2 is 1.35 bits per heavy atom. The van der Waals surface area contributed by atoms with Gasteiger partial charge in [-0.3, -0.25) is 0 Å². The molecule has 0 spiro atoms. The van der Waals surface area contributed by atoms with Gasteiger partial charge in [-0.2, -0.15) is 0 Å². The minimum absolute atomic E-state index is 0.115. The first-order chi connectivity index (χ1) is 14.7. The molecule has 0 unspecified atom stereocenters. The van der Waals surface area contributed by atoms with E-state index in [-0.39, 0.29) is 16.7 Å². The third-order valence-corrected chi connectivity index (χ3v) is 7.97. The van der Waals surface area contributed by atoms with Crippen LogP contribution in [0.2, 0.25) is 19.1 Å². The van der Waals surface area contributed by atoms with Gasteiger partial charge in [-0.1, -0.05) is 60.7 Å². The van der Waals surface area contributed by atoms with Gasteiger partial charge in [0.15, 0.2) is 18.4 Å². The average Bonchev–Trinajstić information content (AvgIpc) is 2.77. The molecule has 2 aromatic rings. The van der Waals surface area contributed by atoms with Crippen molar-refractivity contribution in [1.29, 1.82) is 0 Å². The van der Waals surface area contributed by atoms with Crippen LogP contribution < -0.4 is 0 Å². The standard InChI is InChI=1S/C23H28O5S2Si/c1-23(27-20(29)18-12-7-5-8-13-18,28-21(30)19-14-9-6-10-15-19)22(24)26-16-11-17-31(3,4)25-2/h5-10,12-15H,11,16-17H2,1-4H3. The predicted octanol–water partition coefficient (Wildman–Crippen LogP) is 5.27. The van der Waals surface area contributed by atoms with Gasteiger partial charge in [0.05, 0.1) is 6.61 Å². The van der Waals surface area contributed by atoms with Gasteiger partial charge in [0.2, 0.25) is 0 Å². The molecule has 0 atom stereocenters. The van der Waals surface area contributed by atoms with Crippen LogP contribution in [0, 0.1) is 0 Å². The van der Waals surface area contributed by atoms with E-state index in [1.165, 1.54) is 6.92 Å². The molecular formula is C23H28O5S2Si. The lowest BCUT2D eigenvalue weighted by Crippen LogP contribution is -2.45. The minimum Gasteiger partial charge on any atom is -0.460 e. The van der Waals surface area contributed by atoms with E-state index in [2.05, 4.69) is 13.1 Å². The molecule has 8 heteroatoms. The van der Waals surface area contributed by atoms with Gasteiger partial charge in [-0.05, 0) is 50.0 Å². The van der Waals surface area contributed by atoms with E-state index in [9.17, 15) is 4.79 Å². The Kier molecular flexibility index (Phi) is 9.30. The third kappa shape index (κ3) is 7.81. The molecule has 0 N–H and O–H groups in total. The quantitative estimate of drug-likeness (QED) is 0.152. The number of hydrogen-bond acceptors (Lipinski definition) is 7. The SMILES string of the molecule is CO[Si](C)(C)CCCOC(=O)C(C)(OC(=S)c1ccccc1)OC(=S)c1ccccc1.